The van der Waals surface area contributed by atoms with Gasteiger partial charge in [0.15, 0.2) is 0 Å². The Hall–Kier alpha value is 0.477. The fourth-order valence-corrected chi connectivity index (χ4v) is 2.02. The predicted molar refractivity (Wildman–Crippen MR) is 66.5 cm³/mol. The maximum atomic E-state index is 4.57. The molecule has 0 spiro atoms. The first-order valence-electron chi connectivity index (χ1n) is 6.22. The molecule has 0 amide bonds. The zero-order valence-electron chi connectivity index (χ0n) is 11.7. The smallest absolute Gasteiger partial charge is 0.660 e. The second-order valence-corrected chi connectivity index (χ2v) is 4.93. The number of hydrogen-bond donors (Lipinski definition) is 0. The minimum Gasteiger partial charge on any atom is -0.660 e. The van der Waals surface area contributed by atoms with Crippen LogP contribution < -0.4 is 18.9 Å². The molecule has 0 N–H and O–H groups in total. The maximum Gasteiger partial charge on any atom is 1.00 e. The van der Waals surface area contributed by atoms with Gasteiger partial charge >= 0.3 is 18.9 Å². The molecule has 1 saturated heterocycles. The SMILES string of the molecule is CC(C)N1CC[N-]CCN(C(C)C)CC1.[Li+]. The maximum absolute atomic E-state index is 4.57. The normalized spacial score (nSPS) is 21.4. The van der Waals surface area contributed by atoms with E-state index in [0.29, 0.717) is 12.1 Å². The van der Waals surface area contributed by atoms with Gasteiger partial charge in [-0.3, -0.25) is 0 Å². The van der Waals surface area contributed by atoms with Gasteiger partial charge in [-0.25, -0.2) is 0 Å². The summed E-state index contributed by atoms with van der Waals surface area (Å²) in [4.78, 5) is 5.06. The van der Waals surface area contributed by atoms with Gasteiger partial charge in [-0.1, -0.05) is 0 Å². The summed E-state index contributed by atoms with van der Waals surface area (Å²) in [6.45, 7) is 15.7. The number of hydrogen-bond acceptors (Lipinski definition) is 2. The molecule has 0 atom stereocenters. The molecule has 0 unspecified atom stereocenters. The minimum atomic E-state index is 0. The summed E-state index contributed by atoms with van der Waals surface area (Å²) in [5, 5.41) is 4.57. The Morgan fingerprint density at radius 2 is 1.12 bits per heavy atom. The van der Waals surface area contributed by atoms with E-state index in [1.165, 1.54) is 13.1 Å². The quantitative estimate of drug-likeness (QED) is 0.544. The van der Waals surface area contributed by atoms with Crippen molar-refractivity contribution in [3.8, 4) is 0 Å². The van der Waals surface area contributed by atoms with Crippen LogP contribution in [-0.4, -0.2) is 61.2 Å². The molecule has 0 radical (unpaired) electrons. The molecule has 3 nitrogen and oxygen atoms in total. The van der Waals surface area contributed by atoms with Gasteiger partial charge in [-0.05, 0) is 40.8 Å². The van der Waals surface area contributed by atoms with Crippen LogP contribution in [0, 0.1) is 0 Å². The van der Waals surface area contributed by atoms with Crippen molar-refractivity contribution < 1.29 is 18.9 Å². The van der Waals surface area contributed by atoms with Crippen molar-refractivity contribution in [3.63, 3.8) is 0 Å². The van der Waals surface area contributed by atoms with Crippen molar-refractivity contribution in [2.45, 2.75) is 39.8 Å². The van der Waals surface area contributed by atoms with E-state index >= 15 is 0 Å². The molecule has 4 heteroatoms. The third-order valence-corrected chi connectivity index (χ3v) is 3.23. The summed E-state index contributed by atoms with van der Waals surface area (Å²) in [5.74, 6) is 0. The van der Waals surface area contributed by atoms with Crippen LogP contribution >= 0.6 is 0 Å². The molecule has 0 aromatic rings. The van der Waals surface area contributed by atoms with Crippen LogP contribution in [0.2, 0.25) is 0 Å². The fraction of sp³-hybridized carbons (Fsp3) is 1.00. The standard InChI is InChI=1S/C12H26N3.Li/c1-11(2)14-7-5-13-6-8-15(10-9-14)12(3)4;/h11-12H,5-10H2,1-4H3;/q-1;+1. The van der Waals surface area contributed by atoms with E-state index in [1.54, 1.807) is 0 Å². The van der Waals surface area contributed by atoms with Crippen LogP contribution in [0.4, 0.5) is 0 Å². The van der Waals surface area contributed by atoms with Gasteiger partial charge in [0.2, 0.25) is 0 Å². The summed E-state index contributed by atoms with van der Waals surface area (Å²) in [6, 6.07) is 1.29. The average Bonchev–Trinajstić information content (AvgIpc) is 2.27. The van der Waals surface area contributed by atoms with Crippen molar-refractivity contribution in [1.82, 2.24) is 9.80 Å². The Kier molecular flexibility index (Phi) is 8.81. The Morgan fingerprint density at radius 1 is 0.750 bits per heavy atom. The molecule has 1 rings (SSSR count). The summed E-state index contributed by atoms with van der Waals surface area (Å²) < 4.78 is 0. The molecule has 1 aliphatic heterocycles. The van der Waals surface area contributed by atoms with Crippen molar-refractivity contribution in [2.24, 2.45) is 0 Å². The molecule has 1 heterocycles. The first-order chi connectivity index (χ1) is 7.11. The van der Waals surface area contributed by atoms with Crippen LogP contribution in [0.3, 0.4) is 0 Å². The zero-order valence-corrected chi connectivity index (χ0v) is 11.7. The first kappa shape index (κ1) is 16.5. The van der Waals surface area contributed by atoms with Gasteiger partial charge in [0.25, 0.3) is 0 Å². The van der Waals surface area contributed by atoms with Gasteiger partial charge in [0.1, 0.15) is 0 Å². The van der Waals surface area contributed by atoms with E-state index in [9.17, 15) is 0 Å². The van der Waals surface area contributed by atoms with E-state index in [1.807, 2.05) is 0 Å². The predicted octanol–water partition coefficient (Wildman–Crippen LogP) is -1.20. The topological polar surface area (TPSA) is 20.6 Å². The van der Waals surface area contributed by atoms with E-state index < -0.39 is 0 Å². The first-order valence-corrected chi connectivity index (χ1v) is 6.22. The molecule has 0 aromatic heterocycles. The van der Waals surface area contributed by atoms with Crippen molar-refractivity contribution >= 4 is 0 Å². The second kappa shape index (κ2) is 8.55. The molecule has 1 aliphatic rings. The third-order valence-electron chi connectivity index (χ3n) is 3.23. The van der Waals surface area contributed by atoms with Crippen LogP contribution in [0.25, 0.3) is 5.32 Å². The van der Waals surface area contributed by atoms with Gasteiger partial charge in [0.05, 0.1) is 0 Å². The summed E-state index contributed by atoms with van der Waals surface area (Å²) in [6.07, 6.45) is 0. The molecule has 1 fully saturated rings. The second-order valence-electron chi connectivity index (χ2n) is 4.93. The molecule has 0 aromatic carbocycles. The van der Waals surface area contributed by atoms with Crippen molar-refractivity contribution in [2.75, 3.05) is 39.3 Å². The largest absolute Gasteiger partial charge is 1.00 e. The third kappa shape index (κ3) is 5.70. The Labute approximate surface area is 113 Å². The number of rotatable bonds is 2. The van der Waals surface area contributed by atoms with Crippen molar-refractivity contribution in [3.05, 3.63) is 5.32 Å². The van der Waals surface area contributed by atoms with Crippen LogP contribution in [-0.2, 0) is 0 Å². The summed E-state index contributed by atoms with van der Waals surface area (Å²) >= 11 is 0. The van der Waals surface area contributed by atoms with E-state index in [2.05, 4.69) is 42.8 Å². The minimum absolute atomic E-state index is 0. The summed E-state index contributed by atoms with van der Waals surface area (Å²) in [7, 11) is 0. The molecule has 16 heavy (non-hydrogen) atoms. The van der Waals surface area contributed by atoms with E-state index in [4.69, 9.17) is 0 Å². The average molecular weight is 219 g/mol. The monoisotopic (exact) mass is 219 g/mol. The van der Waals surface area contributed by atoms with Crippen LogP contribution in [0.5, 0.6) is 0 Å². The van der Waals surface area contributed by atoms with Crippen LogP contribution in [0.1, 0.15) is 27.7 Å². The molecule has 0 bridgehead atoms. The van der Waals surface area contributed by atoms with E-state index in [0.717, 1.165) is 26.2 Å². The molecule has 0 saturated carbocycles. The molecule has 0 aliphatic carbocycles. The van der Waals surface area contributed by atoms with Crippen LogP contribution in [0.15, 0.2) is 0 Å². The summed E-state index contributed by atoms with van der Waals surface area (Å²) in [5.41, 5.74) is 0. The number of nitrogens with zero attached hydrogens (tertiary/aromatic N) is 3. The van der Waals surface area contributed by atoms with Gasteiger partial charge < -0.3 is 15.1 Å². The van der Waals surface area contributed by atoms with Gasteiger partial charge in [-0.2, -0.15) is 0 Å². The van der Waals surface area contributed by atoms with Gasteiger partial charge in [0, 0.05) is 25.2 Å². The zero-order chi connectivity index (χ0) is 11.3. The van der Waals surface area contributed by atoms with E-state index in [-0.39, 0.29) is 18.9 Å². The fourth-order valence-electron chi connectivity index (χ4n) is 2.02. The molecule has 90 valence electrons. The van der Waals surface area contributed by atoms with Gasteiger partial charge in [-0.15, -0.1) is 13.1 Å². The Bertz CT molecular complexity index is 156. The van der Waals surface area contributed by atoms with Crippen molar-refractivity contribution in [1.29, 1.82) is 0 Å². The Morgan fingerprint density at radius 3 is 1.44 bits per heavy atom. The Balaban J connectivity index is 0.00000225. The molecular formula is C12H26LiN3. The molecular weight excluding hydrogens is 193 g/mol.